The van der Waals surface area contributed by atoms with E-state index in [9.17, 15) is 4.39 Å². The van der Waals surface area contributed by atoms with Gasteiger partial charge in [-0.1, -0.05) is 22.0 Å². The minimum atomic E-state index is -0.180. The fourth-order valence-electron chi connectivity index (χ4n) is 1.25. The average Bonchev–Trinajstić information content (AvgIpc) is 2.20. The van der Waals surface area contributed by atoms with Crippen molar-refractivity contribution in [1.29, 1.82) is 0 Å². The average molecular weight is 275 g/mol. The molecule has 1 rings (SSSR count). The molecule has 1 atom stereocenters. The van der Waals surface area contributed by atoms with Crippen LogP contribution >= 0.6 is 15.9 Å². The van der Waals surface area contributed by atoms with Gasteiger partial charge in [0.25, 0.3) is 0 Å². The Labute approximate surface area is 98.4 Å². The molecule has 1 unspecified atom stereocenters. The molecule has 0 fully saturated rings. The maximum Gasteiger partial charge on any atom is 0.128 e. The van der Waals surface area contributed by atoms with Crippen LogP contribution < -0.4 is 5.73 Å². The molecular weight excluding hydrogens is 259 g/mol. The molecule has 0 aliphatic carbocycles. The summed E-state index contributed by atoms with van der Waals surface area (Å²) in [7, 11) is 1.94. The Morgan fingerprint density at radius 2 is 2.20 bits per heavy atom. The summed E-state index contributed by atoms with van der Waals surface area (Å²) in [5.41, 5.74) is 6.24. The van der Waals surface area contributed by atoms with Gasteiger partial charge in [-0.15, -0.1) is 0 Å². The molecule has 0 spiro atoms. The van der Waals surface area contributed by atoms with Crippen LogP contribution in [0.2, 0.25) is 0 Å². The summed E-state index contributed by atoms with van der Waals surface area (Å²) in [6, 6.07) is 5.38. The Bertz CT molecular complexity index is 330. The van der Waals surface area contributed by atoms with E-state index in [1.165, 1.54) is 6.07 Å². The lowest BCUT2D eigenvalue weighted by molar-refractivity contribution is 0.251. The van der Waals surface area contributed by atoms with Crippen molar-refractivity contribution in [3.8, 4) is 0 Å². The van der Waals surface area contributed by atoms with Gasteiger partial charge in [-0.05, 0) is 26.1 Å². The number of benzene rings is 1. The van der Waals surface area contributed by atoms with Crippen molar-refractivity contribution >= 4 is 15.9 Å². The lowest BCUT2D eigenvalue weighted by Gasteiger charge is -2.23. The summed E-state index contributed by atoms with van der Waals surface area (Å²) in [6.07, 6.45) is 0. The first-order chi connectivity index (χ1) is 7.04. The topological polar surface area (TPSA) is 29.3 Å². The molecule has 0 saturated heterocycles. The molecule has 0 heterocycles. The summed E-state index contributed by atoms with van der Waals surface area (Å²) in [6.45, 7) is 3.18. The minimum absolute atomic E-state index is 0.180. The van der Waals surface area contributed by atoms with Crippen LogP contribution in [0.1, 0.15) is 12.5 Å². The third-order valence-electron chi connectivity index (χ3n) is 2.53. The van der Waals surface area contributed by atoms with Gasteiger partial charge in [-0.25, -0.2) is 4.39 Å². The van der Waals surface area contributed by atoms with Crippen molar-refractivity contribution in [3.63, 3.8) is 0 Å². The van der Waals surface area contributed by atoms with Gasteiger partial charge >= 0.3 is 0 Å². The van der Waals surface area contributed by atoms with Crippen molar-refractivity contribution in [2.75, 3.05) is 13.6 Å². The van der Waals surface area contributed by atoms with Gasteiger partial charge in [0.2, 0.25) is 0 Å². The Kier molecular flexibility index (Phi) is 4.70. The molecule has 15 heavy (non-hydrogen) atoms. The Morgan fingerprint density at radius 3 is 2.73 bits per heavy atom. The third-order valence-corrected chi connectivity index (χ3v) is 3.02. The summed E-state index contributed by atoms with van der Waals surface area (Å²) in [5.74, 6) is -0.180. The number of nitrogens with two attached hydrogens (primary N) is 1. The summed E-state index contributed by atoms with van der Waals surface area (Å²) in [5, 5.41) is 0. The van der Waals surface area contributed by atoms with Crippen molar-refractivity contribution in [1.82, 2.24) is 4.90 Å². The predicted molar refractivity (Wildman–Crippen MR) is 64.1 cm³/mol. The quantitative estimate of drug-likeness (QED) is 0.914. The summed E-state index contributed by atoms with van der Waals surface area (Å²) in [4.78, 5) is 2.03. The highest BCUT2D eigenvalue weighted by atomic mass is 79.9. The van der Waals surface area contributed by atoms with Crippen molar-refractivity contribution in [3.05, 3.63) is 34.1 Å². The zero-order valence-electron chi connectivity index (χ0n) is 9.00. The molecule has 0 bridgehead atoms. The monoisotopic (exact) mass is 274 g/mol. The number of likely N-dealkylation sites (N-methyl/N-ethyl adjacent to an activating group) is 1. The van der Waals surface area contributed by atoms with Gasteiger partial charge in [0.05, 0.1) is 0 Å². The van der Waals surface area contributed by atoms with Crippen LogP contribution in [-0.4, -0.2) is 24.5 Å². The van der Waals surface area contributed by atoms with E-state index in [1.54, 1.807) is 6.07 Å². The first-order valence-corrected chi connectivity index (χ1v) is 5.68. The highest BCUT2D eigenvalue weighted by Crippen LogP contribution is 2.16. The van der Waals surface area contributed by atoms with Gasteiger partial charge in [-0.3, -0.25) is 4.90 Å². The van der Waals surface area contributed by atoms with Crippen LogP contribution in [-0.2, 0) is 6.54 Å². The molecular formula is C11H16BrFN2. The summed E-state index contributed by atoms with van der Waals surface area (Å²) >= 11 is 3.23. The highest BCUT2D eigenvalue weighted by molar-refractivity contribution is 9.10. The van der Waals surface area contributed by atoms with Crippen LogP contribution in [0.5, 0.6) is 0 Å². The number of hydrogen-bond acceptors (Lipinski definition) is 2. The SMILES string of the molecule is CC(CN)N(C)Cc1ccc(Br)cc1F. The van der Waals surface area contributed by atoms with E-state index in [-0.39, 0.29) is 11.9 Å². The zero-order valence-corrected chi connectivity index (χ0v) is 10.6. The first-order valence-electron chi connectivity index (χ1n) is 4.89. The molecule has 84 valence electrons. The molecule has 2 N–H and O–H groups in total. The van der Waals surface area contributed by atoms with E-state index in [0.29, 0.717) is 18.7 Å². The molecule has 0 aliphatic rings. The maximum atomic E-state index is 13.5. The second-order valence-corrected chi connectivity index (χ2v) is 4.65. The van der Waals surface area contributed by atoms with E-state index < -0.39 is 0 Å². The van der Waals surface area contributed by atoms with Crippen LogP contribution in [0.4, 0.5) is 4.39 Å². The van der Waals surface area contributed by atoms with Crippen LogP contribution in [0, 0.1) is 5.82 Å². The lowest BCUT2D eigenvalue weighted by atomic mass is 10.2. The molecule has 0 aliphatic heterocycles. The van der Waals surface area contributed by atoms with Gasteiger partial charge < -0.3 is 5.73 Å². The van der Waals surface area contributed by atoms with Crippen molar-refractivity contribution < 1.29 is 4.39 Å². The Balaban J connectivity index is 2.72. The van der Waals surface area contributed by atoms with E-state index >= 15 is 0 Å². The van der Waals surface area contributed by atoms with Crippen molar-refractivity contribution in [2.45, 2.75) is 19.5 Å². The fraction of sp³-hybridized carbons (Fsp3) is 0.455. The van der Waals surface area contributed by atoms with Crippen LogP contribution in [0.25, 0.3) is 0 Å². The first kappa shape index (κ1) is 12.6. The lowest BCUT2D eigenvalue weighted by Crippen LogP contribution is -2.34. The standard InChI is InChI=1S/C11H16BrFN2/c1-8(6-14)15(2)7-9-3-4-10(12)5-11(9)13/h3-5,8H,6-7,14H2,1-2H3. The largest absolute Gasteiger partial charge is 0.329 e. The second-order valence-electron chi connectivity index (χ2n) is 3.74. The normalized spacial score (nSPS) is 13.2. The number of hydrogen-bond donors (Lipinski definition) is 1. The Hall–Kier alpha value is -0.450. The van der Waals surface area contributed by atoms with Gasteiger partial charge in [0, 0.05) is 29.2 Å². The van der Waals surface area contributed by atoms with Gasteiger partial charge in [-0.2, -0.15) is 0 Å². The van der Waals surface area contributed by atoms with Gasteiger partial charge in [0.1, 0.15) is 5.82 Å². The molecule has 0 amide bonds. The number of nitrogens with zero attached hydrogens (tertiary/aromatic N) is 1. The second kappa shape index (κ2) is 5.58. The molecule has 1 aromatic rings. The number of halogens is 2. The van der Waals surface area contributed by atoms with E-state index in [4.69, 9.17) is 5.73 Å². The zero-order chi connectivity index (χ0) is 11.4. The molecule has 0 saturated carbocycles. The third kappa shape index (κ3) is 3.55. The van der Waals surface area contributed by atoms with E-state index in [2.05, 4.69) is 15.9 Å². The fourth-order valence-corrected chi connectivity index (χ4v) is 1.59. The van der Waals surface area contributed by atoms with E-state index in [0.717, 1.165) is 4.47 Å². The smallest absolute Gasteiger partial charge is 0.128 e. The molecule has 4 heteroatoms. The minimum Gasteiger partial charge on any atom is -0.329 e. The molecule has 0 radical (unpaired) electrons. The predicted octanol–water partition coefficient (Wildman–Crippen LogP) is 2.37. The molecule has 1 aromatic carbocycles. The van der Waals surface area contributed by atoms with E-state index in [1.807, 2.05) is 24.9 Å². The van der Waals surface area contributed by atoms with Crippen molar-refractivity contribution in [2.24, 2.45) is 5.73 Å². The highest BCUT2D eigenvalue weighted by Gasteiger charge is 2.10. The Morgan fingerprint density at radius 1 is 1.53 bits per heavy atom. The molecule has 0 aromatic heterocycles. The summed E-state index contributed by atoms with van der Waals surface area (Å²) < 4.78 is 14.3. The molecule has 2 nitrogen and oxygen atoms in total. The van der Waals surface area contributed by atoms with Gasteiger partial charge in [0.15, 0.2) is 0 Å². The maximum absolute atomic E-state index is 13.5. The van der Waals surface area contributed by atoms with Crippen LogP contribution in [0.3, 0.4) is 0 Å². The number of rotatable bonds is 4. The van der Waals surface area contributed by atoms with Crippen LogP contribution in [0.15, 0.2) is 22.7 Å².